The van der Waals surface area contributed by atoms with E-state index < -0.39 is 15.9 Å². The van der Waals surface area contributed by atoms with Crippen molar-refractivity contribution in [3.63, 3.8) is 0 Å². The molecule has 10 heteroatoms. The summed E-state index contributed by atoms with van der Waals surface area (Å²) in [6, 6.07) is 7.57. The molecule has 1 aromatic carbocycles. The Labute approximate surface area is 141 Å². The number of benzene rings is 1. The Balaban J connectivity index is 2.10. The number of anilines is 1. The van der Waals surface area contributed by atoms with Crippen LogP contribution in [-0.4, -0.2) is 42.5 Å². The molecule has 0 aliphatic heterocycles. The predicted molar refractivity (Wildman–Crippen MR) is 87.5 cm³/mol. The van der Waals surface area contributed by atoms with Crippen LogP contribution < -0.4 is 9.58 Å². The van der Waals surface area contributed by atoms with Gasteiger partial charge >= 0.3 is 5.95 Å². The fourth-order valence-electron chi connectivity index (χ4n) is 2.02. The van der Waals surface area contributed by atoms with E-state index in [1.807, 2.05) is 43.3 Å². The Morgan fingerprint density at radius 3 is 2.50 bits per heavy atom. The highest BCUT2D eigenvalue weighted by molar-refractivity contribution is 7.85. The van der Waals surface area contributed by atoms with Crippen molar-refractivity contribution in [2.75, 3.05) is 24.7 Å². The van der Waals surface area contributed by atoms with E-state index >= 15 is 0 Å². The Bertz CT molecular complexity index is 812. The largest absolute Gasteiger partial charge is 0.748 e. The zero-order chi connectivity index (χ0) is 17.7. The number of nitrogens with zero attached hydrogens (tertiary/aromatic N) is 6. The molecule has 0 amide bonds. The summed E-state index contributed by atoms with van der Waals surface area (Å²) in [5.74, 6) is 0.0362. The van der Waals surface area contributed by atoms with Gasteiger partial charge < -0.3 is 9.45 Å². The third-order valence-electron chi connectivity index (χ3n) is 3.30. The number of aryl methyl sites for hydroxylation is 2. The third kappa shape index (κ3) is 5.10. The summed E-state index contributed by atoms with van der Waals surface area (Å²) < 4.78 is 35.2. The van der Waals surface area contributed by atoms with Gasteiger partial charge in [0.25, 0.3) is 0 Å². The smallest absolute Gasteiger partial charge is 0.441 e. The van der Waals surface area contributed by atoms with Gasteiger partial charge in [0, 0.05) is 30.6 Å². The molecule has 0 radical (unpaired) electrons. The second kappa shape index (κ2) is 7.49. The molecule has 0 unspecified atom stereocenters. The lowest BCUT2D eigenvalue weighted by atomic mass is 10.3. The normalized spacial score (nSPS) is 12.0. The molecular formula is C14H20N6O3S. The fraction of sp³-hybridized carbons (Fsp3) is 0.429. The molecule has 0 bridgehead atoms. The minimum Gasteiger partial charge on any atom is -0.748 e. The summed E-state index contributed by atoms with van der Waals surface area (Å²) in [5.41, 5.74) is 1.75. The molecule has 0 N–H and O–H groups in total. The number of rotatable bonds is 7. The summed E-state index contributed by atoms with van der Waals surface area (Å²) in [6.07, 6.45) is 1.72. The van der Waals surface area contributed by atoms with Gasteiger partial charge in [-0.2, -0.15) is 0 Å². The van der Waals surface area contributed by atoms with E-state index in [9.17, 15) is 13.0 Å². The van der Waals surface area contributed by atoms with Crippen molar-refractivity contribution in [3.05, 3.63) is 30.6 Å². The average molecular weight is 352 g/mol. The Hall–Kier alpha value is -2.33. The number of hydrogen-bond acceptors (Lipinski definition) is 7. The van der Waals surface area contributed by atoms with Crippen molar-refractivity contribution in [1.29, 1.82) is 0 Å². The first kappa shape index (κ1) is 18.0. The van der Waals surface area contributed by atoms with Gasteiger partial charge in [0.1, 0.15) is 5.69 Å². The van der Waals surface area contributed by atoms with E-state index in [0.717, 1.165) is 5.69 Å². The second-order valence-electron chi connectivity index (χ2n) is 5.49. The zero-order valence-electron chi connectivity index (χ0n) is 13.8. The molecule has 1 heterocycles. The Kier molecular flexibility index (Phi) is 5.62. The Morgan fingerprint density at radius 1 is 1.25 bits per heavy atom. The zero-order valence-corrected chi connectivity index (χ0v) is 14.6. The maximum Gasteiger partial charge on any atom is 0.441 e. The van der Waals surface area contributed by atoms with Gasteiger partial charge in [-0.3, -0.25) is 0 Å². The maximum absolute atomic E-state index is 10.7. The molecule has 1 aromatic heterocycles. The first-order valence-electron chi connectivity index (χ1n) is 7.30. The topological polar surface area (TPSA) is 107 Å². The molecule has 0 aliphatic rings. The molecule has 130 valence electrons. The molecule has 0 spiro atoms. The van der Waals surface area contributed by atoms with Crippen molar-refractivity contribution in [3.8, 4) is 0 Å². The van der Waals surface area contributed by atoms with Crippen LogP contribution in [0.4, 0.5) is 17.3 Å². The van der Waals surface area contributed by atoms with Gasteiger partial charge in [0.2, 0.25) is 0 Å². The van der Waals surface area contributed by atoms with E-state index in [4.69, 9.17) is 0 Å². The first-order valence-corrected chi connectivity index (χ1v) is 8.88. The van der Waals surface area contributed by atoms with E-state index in [2.05, 4.69) is 15.3 Å². The van der Waals surface area contributed by atoms with Crippen molar-refractivity contribution in [2.24, 2.45) is 17.3 Å². The minimum absolute atomic E-state index is 0.174. The highest BCUT2D eigenvalue weighted by Gasteiger charge is 2.16. The number of aromatic nitrogens is 3. The summed E-state index contributed by atoms with van der Waals surface area (Å²) in [6.45, 7) is 0.274. The predicted octanol–water partition coefficient (Wildman–Crippen LogP) is 1.12. The van der Waals surface area contributed by atoms with Crippen molar-refractivity contribution in [1.82, 2.24) is 9.67 Å². The van der Waals surface area contributed by atoms with Gasteiger partial charge in [0.15, 0.2) is 6.33 Å². The quantitative estimate of drug-likeness (QED) is 0.422. The van der Waals surface area contributed by atoms with Crippen LogP contribution in [0.1, 0.15) is 6.42 Å². The van der Waals surface area contributed by atoms with Crippen molar-refractivity contribution < 1.29 is 17.7 Å². The summed E-state index contributed by atoms with van der Waals surface area (Å²) >= 11 is 0. The lowest BCUT2D eigenvalue weighted by molar-refractivity contribution is -0.739. The average Bonchev–Trinajstić information content (AvgIpc) is 2.85. The van der Waals surface area contributed by atoms with E-state index in [1.165, 1.54) is 4.68 Å². The lowest BCUT2D eigenvalue weighted by Crippen LogP contribution is -2.36. The van der Waals surface area contributed by atoms with Crippen LogP contribution in [0.3, 0.4) is 0 Å². The molecule has 0 fully saturated rings. The highest BCUT2D eigenvalue weighted by Crippen LogP contribution is 2.19. The van der Waals surface area contributed by atoms with Crippen molar-refractivity contribution in [2.45, 2.75) is 13.0 Å². The highest BCUT2D eigenvalue weighted by atomic mass is 32.2. The van der Waals surface area contributed by atoms with E-state index in [1.54, 1.807) is 17.9 Å². The maximum atomic E-state index is 10.7. The minimum atomic E-state index is -4.22. The number of azo groups is 1. The number of hydrogen-bond donors (Lipinski definition) is 0. The van der Waals surface area contributed by atoms with E-state index in [-0.39, 0.29) is 13.0 Å². The lowest BCUT2D eigenvalue weighted by Gasteiger charge is -2.11. The van der Waals surface area contributed by atoms with E-state index in [0.29, 0.717) is 11.6 Å². The molecule has 24 heavy (non-hydrogen) atoms. The summed E-state index contributed by atoms with van der Waals surface area (Å²) in [7, 11) is 1.45. The SMILES string of the molecule is CN(C)c1ccc(/N=N/c2n(C)cn[n+]2CCCS(=O)(=O)[O-])cc1. The van der Waals surface area contributed by atoms with Crippen LogP contribution in [0.15, 0.2) is 40.8 Å². The third-order valence-corrected chi connectivity index (χ3v) is 4.08. The summed E-state index contributed by atoms with van der Waals surface area (Å²) in [4.78, 5) is 1.99. The Morgan fingerprint density at radius 2 is 1.92 bits per heavy atom. The second-order valence-corrected chi connectivity index (χ2v) is 7.01. The van der Waals surface area contributed by atoms with Gasteiger partial charge in [0.05, 0.1) is 23.7 Å². The molecule has 0 aliphatic carbocycles. The first-order chi connectivity index (χ1) is 11.3. The van der Waals surface area contributed by atoms with Crippen LogP contribution in [0, 0.1) is 0 Å². The summed E-state index contributed by atoms with van der Waals surface area (Å²) in [5, 5.41) is 12.5. The molecule has 2 aromatic rings. The van der Waals surface area contributed by atoms with Gasteiger partial charge in [-0.1, -0.05) is 10.2 Å². The van der Waals surface area contributed by atoms with Crippen LogP contribution in [-0.2, 0) is 23.7 Å². The molecule has 0 saturated carbocycles. The van der Waals surface area contributed by atoms with Crippen LogP contribution in [0.5, 0.6) is 0 Å². The molecule has 0 saturated heterocycles. The van der Waals surface area contributed by atoms with Crippen molar-refractivity contribution >= 4 is 27.4 Å². The van der Waals surface area contributed by atoms with Gasteiger partial charge in [-0.05, 0) is 30.7 Å². The monoisotopic (exact) mass is 352 g/mol. The molecule has 9 nitrogen and oxygen atoms in total. The van der Waals surface area contributed by atoms with Crippen LogP contribution >= 0.6 is 0 Å². The van der Waals surface area contributed by atoms with Gasteiger partial charge in [-0.15, -0.1) is 4.68 Å². The van der Waals surface area contributed by atoms with Crippen LogP contribution in [0.25, 0.3) is 0 Å². The molecule has 0 atom stereocenters. The standard InChI is InChI=1S/C14H20N6O3S/c1-18(2)13-7-5-12(6-8-13)16-17-14-19(3)11-15-20(14)9-4-10-24(21,22)23/h5-8,11H,4,9-10H2,1-3H3. The molecular weight excluding hydrogens is 332 g/mol. The molecule has 2 rings (SSSR count). The van der Waals surface area contributed by atoms with Crippen LogP contribution in [0.2, 0.25) is 0 Å². The fourth-order valence-corrected chi connectivity index (χ4v) is 2.50. The van der Waals surface area contributed by atoms with Gasteiger partial charge in [-0.25, -0.2) is 13.0 Å².